The van der Waals surface area contributed by atoms with Crippen LogP contribution in [-0.2, 0) is 20.0 Å². The molecule has 1 atom stereocenters. The average Bonchev–Trinajstić information content (AvgIpc) is 2.72. The molecule has 0 aliphatic carbocycles. The van der Waals surface area contributed by atoms with Crippen molar-refractivity contribution in [3.63, 3.8) is 0 Å². The second-order valence-corrected chi connectivity index (χ2v) is 5.36. The van der Waals surface area contributed by atoms with Crippen molar-refractivity contribution < 1.29 is 0 Å². The molecule has 19 heavy (non-hydrogen) atoms. The Labute approximate surface area is 122 Å². The van der Waals surface area contributed by atoms with E-state index >= 15 is 0 Å². The van der Waals surface area contributed by atoms with Crippen LogP contribution in [0.4, 0.5) is 0 Å². The minimum atomic E-state index is 0.287. The van der Waals surface area contributed by atoms with Gasteiger partial charge in [-0.3, -0.25) is 9.67 Å². The van der Waals surface area contributed by atoms with E-state index in [1.165, 1.54) is 11.3 Å². The van der Waals surface area contributed by atoms with Crippen LogP contribution in [0.25, 0.3) is 0 Å². The number of rotatable bonds is 5. The second kappa shape index (κ2) is 6.30. The third kappa shape index (κ3) is 3.22. The number of aromatic nitrogens is 3. The van der Waals surface area contributed by atoms with Gasteiger partial charge in [0, 0.05) is 32.0 Å². The lowest BCUT2D eigenvalue weighted by Gasteiger charge is -2.14. The minimum Gasteiger partial charge on any atom is -0.305 e. The summed E-state index contributed by atoms with van der Waals surface area (Å²) in [5.74, 6) is 0. The Balaban J connectivity index is 2.05. The maximum absolute atomic E-state index is 4.50. The summed E-state index contributed by atoms with van der Waals surface area (Å²) in [5, 5.41) is 8.01. The molecule has 2 aromatic rings. The van der Waals surface area contributed by atoms with Gasteiger partial charge in [0.15, 0.2) is 0 Å². The number of halogens is 1. The first kappa shape index (κ1) is 14.2. The molecule has 0 unspecified atom stereocenters. The van der Waals surface area contributed by atoms with Crippen LogP contribution in [0.1, 0.15) is 36.8 Å². The molecule has 0 aliphatic heterocycles. The van der Waals surface area contributed by atoms with Gasteiger partial charge in [0.1, 0.15) is 0 Å². The molecule has 0 bridgehead atoms. The van der Waals surface area contributed by atoms with Gasteiger partial charge in [-0.2, -0.15) is 5.10 Å². The van der Waals surface area contributed by atoms with Crippen LogP contribution in [0.3, 0.4) is 0 Å². The van der Waals surface area contributed by atoms with Gasteiger partial charge in [0.2, 0.25) is 0 Å². The lowest BCUT2D eigenvalue weighted by Crippen LogP contribution is -2.20. The summed E-state index contributed by atoms with van der Waals surface area (Å²) in [6.07, 6.45) is 4.58. The lowest BCUT2D eigenvalue weighted by atomic mass is 10.1. The van der Waals surface area contributed by atoms with Gasteiger partial charge in [-0.1, -0.05) is 6.92 Å². The van der Waals surface area contributed by atoms with Crippen molar-refractivity contribution in [2.45, 2.75) is 32.9 Å². The van der Waals surface area contributed by atoms with Crippen molar-refractivity contribution >= 4 is 15.9 Å². The normalized spacial score (nSPS) is 12.6. The number of aryl methyl sites for hydroxylation is 2. The molecule has 102 valence electrons. The molecule has 2 rings (SSSR count). The summed E-state index contributed by atoms with van der Waals surface area (Å²) < 4.78 is 3.06. The van der Waals surface area contributed by atoms with E-state index in [1.807, 2.05) is 36.3 Å². The number of nitrogens with one attached hydrogen (secondary N) is 1. The summed E-state index contributed by atoms with van der Waals surface area (Å²) >= 11 is 3.64. The van der Waals surface area contributed by atoms with Crippen molar-refractivity contribution in [2.75, 3.05) is 0 Å². The molecule has 0 saturated carbocycles. The summed E-state index contributed by atoms with van der Waals surface area (Å²) in [7, 11) is 1.98. The largest absolute Gasteiger partial charge is 0.305 e. The molecule has 0 amide bonds. The van der Waals surface area contributed by atoms with Gasteiger partial charge in [0.25, 0.3) is 0 Å². The predicted molar refractivity (Wildman–Crippen MR) is 79.8 cm³/mol. The first-order valence-corrected chi connectivity index (χ1v) is 7.26. The molecule has 5 heteroatoms. The highest BCUT2D eigenvalue weighted by atomic mass is 79.9. The first-order valence-electron chi connectivity index (χ1n) is 6.47. The van der Waals surface area contributed by atoms with E-state index in [-0.39, 0.29) is 6.04 Å². The fraction of sp³-hybridized carbons (Fsp3) is 0.429. The Hall–Kier alpha value is -1.20. The fourth-order valence-electron chi connectivity index (χ4n) is 2.03. The van der Waals surface area contributed by atoms with E-state index in [4.69, 9.17) is 0 Å². The van der Waals surface area contributed by atoms with Crippen LogP contribution in [0, 0.1) is 0 Å². The molecule has 2 heterocycles. The van der Waals surface area contributed by atoms with Crippen LogP contribution in [-0.4, -0.2) is 14.8 Å². The van der Waals surface area contributed by atoms with Crippen LogP contribution < -0.4 is 5.32 Å². The van der Waals surface area contributed by atoms with Gasteiger partial charge in [-0.15, -0.1) is 0 Å². The average molecular weight is 323 g/mol. The lowest BCUT2D eigenvalue weighted by molar-refractivity contribution is 0.546. The van der Waals surface area contributed by atoms with Gasteiger partial charge >= 0.3 is 0 Å². The summed E-state index contributed by atoms with van der Waals surface area (Å²) in [4.78, 5) is 4.04. The molecule has 4 nitrogen and oxygen atoms in total. The summed E-state index contributed by atoms with van der Waals surface area (Å²) in [6, 6.07) is 4.36. The van der Waals surface area contributed by atoms with E-state index in [2.05, 4.69) is 45.2 Å². The predicted octanol–water partition coefficient (Wildman–Crippen LogP) is 2.99. The topological polar surface area (TPSA) is 42.7 Å². The Morgan fingerprint density at radius 3 is 2.63 bits per heavy atom. The fourth-order valence-corrected chi connectivity index (χ4v) is 2.79. The second-order valence-electron chi connectivity index (χ2n) is 4.57. The van der Waals surface area contributed by atoms with Crippen molar-refractivity contribution in [3.8, 4) is 0 Å². The zero-order chi connectivity index (χ0) is 13.8. The molecule has 0 aliphatic rings. The van der Waals surface area contributed by atoms with E-state index in [1.54, 1.807) is 0 Å². The molecule has 0 spiro atoms. The molecule has 1 N–H and O–H groups in total. The minimum absolute atomic E-state index is 0.287. The van der Waals surface area contributed by atoms with Gasteiger partial charge < -0.3 is 5.32 Å². The Morgan fingerprint density at radius 2 is 2.05 bits per heavy atom. The van der Waals surface area contributed by atoms with Crippen LogP contribution >= 0.6 is 15.9 Å². The highest BCUT2D eigenvalue weighted by Gasteiger charge is 2.13. The number of hydrogen-bond donors (Lipinski definition) is 1. The van der Waals surface area contributed by atoms with E-state index in [0.29, 0.717) is 0 Å². The highest BCUT2D eigenvalue weighted by molar-refractivity contribution is 9.10. The van der Waals surface area contributed by atoms with Crippen LogP contribution in [0.5, 0.6) is 0 Å². The van der Waals surface area contributed by atoms with E-state index in [9.17, 15) is 0 Å². The quantitative estimate of drug-likeness (QED) is 0.920. The Morgan fingerprint density at radius 1 is 1.37 bits per heavy atom. The zero-order valence-corrected chi connectivity index (χ0v) is 13.1. The third-order valence-corrected chi connectivity index (χ3v) is 4.20. The smallest absolute Gasteiger partial charge is 0.0767 e. The van der Waals surface area contributed by atoms with Crippen LogP contribution in [0.15, 0.2) is 29.0 Å². The van der Waals surface area contributed by atoms with Crippen molar-refractivity contribution in [3.05, 3.63) is 46.0 Å². The molecule has 0 saturated heterocycles. The molecule has 0 fully saturated rings. The molecule has 2 aromatic heterocycles. The van der Waals surface area contributed by atoms with Gasteiger partial charge in [0.05, 0.1) is 15.9 Å². The maximum Gasteiger partial charge on any atom is 0.0767 e. The Kier molecular flexibility index (Phi) is 4.71. The van der Waals surface area contributed by atoms with Gasteiger partial charge in [-0.05, 0) is 47.0 Å². The Bertz CT molecular complexity index is 536. The van der Waals surface area contributed by atoms with Crippen molar-refractivity contribution in [2.24, 2.45) is 7.05 Å². The molecular formula is C14H19BrN4. The number of nitrogens with zero attached hydrogens (tertiary/aromatic N) is 3. The summed E-state index contributed by atoms with van der Waals surface area (Å²) in [5.41, 5.74) is 3.53. The van der Waals surface area contributed by atoms with E-state index < -0.39 is 0 Å². The van der Waals surface area contributed by atoms with E-state index in [0.717, 1.165) is 23.1 Å². The first-order chi connectivity index (χ1) is 9.13. The SMILES string of the molecule is CCc1nn(C)c(CN[C@H](C)c2ccncc2)c1Br. The van der Waals surface area contributed by atoms with Gasteiger partial charge in [-0.25, -0.2) is 0 Å². The monoisotopic (exact) mass is 322 g/mol. The number of hydrogen-bond acceptors (Lipinski definition) is 3. The van der Waals surface area contributed by atoms with Crippen molar-refractivity contribution in [1.29, 1.82) is 0 Å². The number of pyridine rings is 1. The molecule has 0 radical (unpaired) electrons. The maximum atomic E-state index is 4.50. The third-order valence-electron chi connectivity index (χ3n) is 3.28. The summed E-state index contributed by atoms with van der Waals surface area (Å²) in [6.45, 7) is 5.05. The molecule has 0 aromatic carbocycles. The van der Waals surface area contributed by atoms with Crippen molar-refractivity contribution in [1.82, 2.24) is 20.1 Å². The van der Waals surface area contributed by atoms with Crippen LogP contribution in [0.2, 0.25) is 0 Å². The molecular weight excluding hydrogens is 304 g/mol. The zero-order valence-electron chi connectivity index (χ0n) is 11.5. The standard InChI is InChI=1S/C14H19BrN4/c1-4-12-14(15)13(19(3)18-12)9-17-10(2)11-5-7-16-8-6-11/h5-8,10,17H,4,9H2,1-3H3/t10-/m1/s1. The highest BCUT2D eigenvalue weighted by Crippen LogP contribution is 2.22.